The Hall–Kier alpha value is -3.32. The number of fused-ring (bicyclic) bond motifs is 1. The topological polar surface area (TPSA) is 82.5 Å². The second-order valence-corrected chi connectivity index (χ2v) is 8.62. The lowest BCUT2D eigenvalue weighted by atomic mass is 10.1. The highest BCUT2D eigenvalue weighted by molar-refractivity contribution is 6.30. The third-order valence-electron chi connectivity index (χ3n) is 6.32. The van der Waals surface area contributed by atoms with Gasteiger partial charge in [-0.3, -0.25) is 5.41 Å². The molecule has 0 aliphatic carbocycles. The van der Waals surface area contributed by atoms with E-state index >= 15 is 0 Å². The predicted octanol–water partition coefficient (Wildman–Crippen LogP) is 3.70. The highest BCUT2D eigenvalue weighted by Gasteiger charge is 2.32. The standard InChI is InChI=1S/C24H28N6O/c1-15-4-7-20(16(2)12-15)30-14-21(31)22(23(30)25)24-26-18-6-5-17(13-19(18)27-24)29-10-8-28(3)9-11-29/h4-7,12-13,25,31H,8-11,14H2,1-3H3,(H,26,27). The van der Waals surface area contributed by atoms with Gasteiger partial charge >= 0.3 is 0 Å². The fraction of sp³-hybridized carbons (Fsp3) is 0.333. The fourth-order valence-electron chi connectivity index (χ4n) is 4.52. The molecule has 0 spiro atoms. The second kappa shape index (κ2) is 7.42. The molecule has 160 valence electrons. The predicted molar refractivity (Wildman–Crippen MR) is 126 cm³/mol. The van der Waals surface area contributed by atoms with Gasteiger partial charge in [0.25, 0.3) is 0 Å². The minimum absolute atomic E-state index is 0.170. The first kappa shape index (κ1) is 19.6. The maximum atomic E-state index is 10.7. The van der Waals surface area contributed by atoms with Gasteiger partial charge in [-0.1, -0.05) is 17.7 Å². The average molecular weight is 417 g/mol. The Morgan fingerprint density at radius 3 is 2.55 bits per heavy atom. The number of nitrogens with one attached hydrogen (secondary N) is 2. The van der Waals surface area contributed by atoms with Crippen molar-refractivity contribution in [2.75, 3.05) is 49.6 Å². The van der Waals surface area contributed by atoms with E-state index in [4.69, 9.17) is 10.4 Å². The molecule has 0 atom stereocenters. The average Bonchev–Trinajstić information content (AvgIpc) is 3.28. The molecule has 0 amide bonds. The summed E-state index contributed by atoms with van der Waals surface area (Å²) >= 11 is 0. The van der Waals surface area contributed by atoms with Crippen molar-refractivity contribution in [3.63, 3.8) is 0 Å². The summed E-state index contributed by atoms with van der Waals surface area (Å²) in [5.41, 5.74) is 6.60. The Kier molecular flexibility index (Phi) is 4.70. The van der Waals surface area contributed by atoms with Crippen LogP contribution >= 0.6 is 0 Å². The lowest BCUT2D eigenvalue weighted by Crippen LogP contribution is -2.44. The number of H-pyrrole nitrogens is 1. The number of rotatable bonds is 3. The molecule has 3 aromatic rings. The molecule has 5 rings (SSSR count). The van der Waals surface area contributed by atoms with Crippen molar-refractivity contribution in [3.05, 3.63) is 59.1 Å². The lowest BCUT2D eigenvalue weighted by Gasteiger charge is -2.34. The number of likely N-dealkylation sites (N-methyl/N-ethyl adjacent to an activating group) is 1. The summed E-state index contributed by atoms with van der Waals surface area (Å²) in [5.74, 6) is 0.978. The number of aliphatic hydroxyl groups is 1. The first-order valence-corrected chi connectivity index (χ1v) is 10.7. The Morgan fingerprint density at radius 2 is 1.81 bits per heavy atom. The Morgan fingerprint density at radius 1 is 1.03 bits per heavy atom. The molecule has 0 bridgehead atoms. The number of aryl methyl sites for hydroxylation is 2. The van der Waals surface area contributed by atoms with Crippen LogP contribution in [0, 0.1) is 19.3 Å². The Bertz CT molecular complexity index is 1200. The quantitative estimate of drug-likeness (QED) is 0.607. The van der Waals surface area contributed by atoms with Crippen LogP contribution in [0.1, 0.15) is 17.0 Å². The second-order valence-electron chi connectivity index (χ2n) is 8.62. The fourth-order valence-corrected chi connectivity index (χ4v) is 4.52. The number of hydrogen-bond acceptors (Lipinski definition) is 5. The molecule has 1 aromatic heterocycles. The zero-order valence-electron chi connectivity index (χ0n) is 18.2. The van der Waals surface area contributed by atoms with Crippen molar-refractivity contribution >= 4 is 33.8 Å². The number of imidazole rings is 1. The molecule has 3 N–H and O–H groups in total. The van der Waals surface area contributed by atoms with E-state index in [-0.39, 0.29) is 18.1 Å². The Balaban J connectivity index is 1.44. The number of aromatic amines is 1. The van der Waals surface area contributed by atoms with Crippen LogP contribution in [0.3, 0.4) is 0 Å². The minimum Gasteiger partial charge on any atom is -0.509 e. The first-order chi connectivity index (χ1) is 14.9. The molecule has 1 saturated heterocycles. The molecule has 31 heavy (non-hydrogen) atoms. The maximum Gasteiger partial charge on any atom is 0.145 e. The number of benzene rings is 2. The highest BCUT2D eigenvalue weighted by Crippen LogP contribution is 2.33. The van der Waals surface area contributed by atoms with E-state index in [0.717, 1.165) is 48.5 Å². The maximum absolute atomic E-state index is 10.7. The van der Waals surface area contributed by atoms with Crippen LogP contribution in [0.15, 0.2) is 42.2 Å². The van der Waals surface area contributed by atoms with Crippen LogP contribution in [0.5, 0.6) is 0 Å². The number of amidine groups is 1. The molecular formula is C24H28N6O. The van der Waals surface area contributed by atoms with Gasteiger partial charge in [0.15, 0.2) is 0 Å². The molecule has 0 unspecified atom stereocenters. The zero-order chi connectivity index (χ0) is 21.7. The molecule has 2 aromatic carbocycles. The summed E-state index contributed by atoms with van der Waals surface area (Å²) < 4.78 is 0. The monoisotopic (exact) mass is 416 g/mol. The number of nitrogens with zero attached hydrogens (tertiary/aromatic N) is 4. The SMILES string of the molecule is Cc1ccc(N2CC(O)=C(c3nc4ccc(N5CCN(C)CC5)cc4[nH]3)C2=N)c(C)c1. The van der Waals surface area contributed by atoms with E-state index in [1.165, 1.54) is 11.3 Å². The van der Waals surface area contributed by atoms with E-state index in [2.05, 4.69) is 47.0 Å². The first-order valence-electron chi connectivity index (χ1n) is 10.7. The van der Waals surface area contributed by atoms with Crippen LogP contribution in [0.2, 0.25) is 0 Å². The number of piperazine rings is 1. The molecule has 2 aliphatic heterocycles. The van der Waals surface area contributed by atoms with Crippen molar-refractivity contribution in [1.29, 1.82) is 5.41 Å². The molecular weight excluding hydrogens is 388 g/mol. The van der Waals surface area contributed by atoms with Crippen molar-refractivity contribution in [1.82, 2.24) is 14.9 Å². The van der Waals surface area contributed by atoms with Crippen LogP contribution in [-0.2, 0) is 0 Å². The van der Waals surface area contributed by atoms with Gasteiger partial charge in [-0.05, 0) is 50.7 Å². The van der Waals surface area contributed by atoms with Crippen molar-refractivity contribution in [2.24, 2.45) is 0 Å². The van der Waals surface area contributed by atoms with Crippen LogP contribution < -0.4 is 9.80 Å². The summed E-state index contributed by atoms with van der Waals surface area (Å²) in [6.45, 7) is 8.48. The van der Waals surface area contributed by atoms with Crippen LogP contribution in [0.25, 0.3) is 16.6 Å². The van der Waals surface area contributed by atoms with Crippen molar-refractivity contribution in [3.8, 4) is 0 Å². The van der Waals surface area contributed by atoms with E-state index in [0.29, 0.717) is 11.4 Å². The normalized spacial score (nSPS) is 18.0. The highest BCUT2D eigenvalue weighted by atomic mass is 16.3. The van der Waals surface area contributed by atoms with Gasteiger partial charge in [0.1, 0.15) is 17.4 Å². The van der Waals surface area contributed by atoms with Gasteiger partial charge < -0.3 is 24.8 Å². The third-order valence-corrected chi connectivity index (χ3v) is 6.32. The molecule has 0 radical (unpaired) electrons. The van der Waals surface area contributed by atoms with E-state index < -0.39 is 0 Å². The van der Waals surface area contributed by atoms with Crippen LogP contribution in [0.4, 0.5) is 11.4 Å². The van der Waals surface area contributed by atoms with E-state index in [1.807, 2.05) is 30.0 Å². The van der Waals surface area contributed by atoms with Gasteiger partial charge in [-0.15, -0.1) is 0 Å². The zero-order valence-corrected chi connectivity index (χ0v) is 18.2. The van der Waals surface area contributed by atoms with Gasteiger partial charge in [-0.2, -0.15) is 0 Å². The number of anilines is 2. The number of hydrogen-bond donors (Lipinski definition) is 3. The summed E-state index contributed by atoms with van der Waals surface area (Å²) in [7, 11) is 2.15. The van der Waals surface area contributed by atoms with Gasteiger partial charge in [0.05, 0.1) is 23.2 Å². The van der Waals surface area contributed by atoms with E-state index in [9.17, 15) is 5.11 Å². The smallest absolute Gasteiger partial charge is 0.145 e. The van der Waals surface area contributed by atoms with Crippen LogP contribution in [-0.4, -0.2) is 65.6 Å². The molecule has 2 aliphatic rings. The van der Waals surface area contributed by atoms with Crippen molar-refractivity contribution in [2.45, 2.75) is 13.8 Å². The summed E-state index contributed by atoms with van der Waals surface area (Å²) in [6, 6.07) is 12.4. The molecule has 7 nitrogen and oxygen atoms in total. The number of aromatic nitrogens is 2. The van der Waals surface area contributed by atoms with Gasteiger partial charge in [0, 0.05) is 37.6 Å². The number of aliphatic hydroxyl groups excluding tert-OH is 1. The minimum atomic E-state index is 0.170. The third kappa shape index (κ3) is 3.45. The van der Waals surface area contributed by atoms with E-state index in [1.54, 1.807) is 0 Å². The molecule has 3 heterocycles. The summed E-state index contributed by atoms with van der Waals surface area (Å²) in [5, 5.41) is 19.5. The van der Waals surface area contributed by atoms with Gasteiger partial charge in [0.2, 0.25) is 0 Å². The van der Waals surface area contributed by atoms with Gasteiger partial charge in [-0.25, -0.2) is 4.98 Å². The van der Waals surface area contributed by atoms with Crippen molar-refractivity contribution < 1.29 is 5.11 Å². The lowest BCUT2D eigenvalue weighted by molar-refractivity contribution is 0.313. The summed E-state index contributed by atoms with van der Waals surface area (Å²) in [4.78, 5) is 14.6. The Labute approximate surface area is 182 Å². The largest absolute Gasteiger partial charge is 0.509 e. The molecule has 1 fully saturated rings. The summed E-state index contributed by atoms with van der Waals surface area (Å²) in [6.07, 6.45) is 0. The molecule has 0 saturated carbocycles. The molecule has 7 heteroatoms.